The van der Waals surface area contributed by atoms with Crippen molar-refractivity contribution in [1.29, 1.82) is 0 Å². The van der Waals surface area contributed by atoms with Gasteiger partial charge in [-0.1, -0.05) is 23.7 Å². The van der Waals surface area contributed by atoms with Gasteiger partial charge < -0.3 is 24.4 Å². The molecule has 9 heteroatoms. The summed E-state index contributed by atoms with van der Waals surface area (Å²) in [6.45, 7) is 0. The van der Waals surface area contributed by atoms with Crippen molar-refractivity contribution in [1.82, 2.24) is 4.90 Å². The Bertz CT molecular complexity index is 1280. The molecule has 1 N–H and O–H groups in total. The van der Waals surface area contributed by atoms with Crippen molar-refractivity contribution < 1.29 is 28.2 Å². The number of benzene rings is 3. The Morgan fingerprint density at radius 3 is 2.23 bits per heavy atom. The van der Waals surface area contributed by atoms with Gasteiger partial charge in [-0.2, -0.15) is 0 Å². The molecule has 0 bridgehead atoms. The maximum absolute atomic E-state index is 13.8. The summed E-state index contributed by atoms with van der Waals surface area (Å²) in [4.78, 5) is 28.7. The van der Waals surface area contributed by atoms with Crippen LogP contribution in [-0.2, 0) is 4.79 Å². The fourth-order valence-electron chi connectivity index (χ4n) is 4.35. The van der Waals surface area contributed by atoms with Gasteiger partial charge >= 0.3 is 0 Å². The van der Waals surface area contributed by atoms with E-state index in [1.54, 1.807) is 38.4 Å². The molecule has 0 aromatic heterocycles. The molecule has 182 valence electrons. The summed E-state index contributed by atoms with van der Waals surface area (Å²) in [7, 11) is 6.16. The molecular weight excluding hydrogens is 475 g/mol. The van der Waals surface area contributed by atoms with Crippen LogP contribution in [0.5, 0.6) is 17.2 Å². The van der Waals surface area contributed by atoms with Gasteiger partial charge in [-0.05, 0) is 53.6 Å². The lowest BCUT2D eigenvalue weighted by molar-refractivity contribution is -0.119. The van der Waals surface area contributed by atoms with Gasteiger partial charge in [0.2, 0.25) is 5.91 Å². The normalized spacial score (nSPS) is 17.0. The average Bonchev–Trinajstić information content (AvgIpc) is 2.86. The quantitative estimate of drug-likeness (QED) is 0.514. The molecular formula is C26H24ClFN2O5. The number of carbonyl (C=O) groups excluding carboxylic acids is 2. The largest absolute Gasteiger partial charge is 0.497 e. The average molecular weight is 499 g/mol. The Morgan fingerprint density at radius 1 is 0.971 bits per heavy atom. The molecule has 0 spiro atoms. The summed E-state index contributed by atoms with van der Waals surface area (Å²) < 4.78 is 29.6. The molecule has 0 fully saturated rings. The Labute approximate surface area is 207 Å². The van der Waals surface area contributed by atoms with Gasteiger partial charge in [0.1, 0.15) is 11.6 Å². The molecule has 4 rings (SSSR count). The van der Waals surface area contributed by atoms with Gasteiger partial charge in [-0.25, -0.2) is 4.39 Å². The number of amides is 2. The van der Waals surface area contributed by atoms with Crippen LogP contribution in [0.2, 0.25) is 5.02 Å². The third kappa shape index (κ3) is 4.49. The van der Waals surface area contributed by atoms with E-state index in [0.29, 0.717) is 28.4 Å². The first-order valence-corrected chi connectivity index (χ1v) is 11.1. The lowest BCUT2D eigenvalue weighted by Gasteiger charge is -2.40. The number of nitrogens with zero attached hydrogens (tertiary/aromatic N) is 1. The maximum Gasteiger partial charge on any atom is 0.254 e. The van der Waals surface area contributed by atoms with Gasteiger partial charge in [0.15, 0.2) is 11.5 Å². The van der Waals surface area contributed by atoms with Gasteiger partial charge in [0.25, 0.3) is 5.91 Å². The summed E-state index contributed by atoms with van der Waals surface area (Å²) in [5.74, 6) is -0.662. The second-order valence-corrected chi connectivity index (χ2v) is 8.43. The van der Waals surface area contributed by atoms with Crippen molar-refractivity contribution >= 4 is 29.1 Å². The minimum atomic E-state index is -0.845. The Morgan fingerprint density at radius 2 is 1.63 bits per heavy atom. The number of ether oxygens (including phenoxy) is 3. The summed E-state index contributed by atoms with van der Waals surface area (Å²) >= 11 is 6.17. The predicted molar refractivity (Wildman–Crippen MR) is 130 cm³/mol. The number of carbonyl (C=O) groups is 2. The Balaban J connectivity index is 1.87. The smallest absolute Gasteiger partial charge is 0.254 e. The summed E-state index contributed by atoms with van der Waals surface area (Å²) in [6.07, 6.45) is 0. The van der Waals surface area contributed by atoms with Crippen molar-refractivity contribution in [3.63, 3.8) is 0 Å². The number of hydrogen-bond donors (Lipinski definition) is 1. The van der Waals surface area contributed by atoms with Crippen LogP contribution in [0, 0.1) is 5.82 Å². The van der Waals surface area contributed by atoms with Crippen molar-refractivity contribution in [2.24, 2.45) is 0 Å². The Kier molecular flexibility index (Phi) is 6.84. The van der Waals surface area contributed by atoms with Crippen LogP contribution >= 0.6 is 11.6 Å². The zero-order chi connectivity index (χ0) is 25.3. The molecule has 1 heterocycles. The van der Waals surface area contributed by atoms with E-state index in [0.717, 1.165) is 11.6 Å². The van der Waals surface area contributed by atoms with Crippen LogP contribution in [0.4, 0.5) is 10.1 Å². The SMILES string of the molecule is COc1ccc(C2C(C(=O)Nc3ccc(F)cc3Cl)c3cc(OC)c(OC)cc3C(=O)N2C)cc1. The van der Waals surface area contributed by atoms with E-state index >= 15 is 0 Å². The first kappa shape index (κ1) is 24.3. The number of anilines is 1. The highest BCUT2D eigenvalue weighted by Gasteiger charge is 2.43. The molecule has 0 aliphatic carbocycles. The molecule has 3 aromatic rings. The Hall–Kier alpha value is -3.78. The van der Waals surface area contributed by atoms with E-state index < -0.39 is 23.7 Å². The highest BCUT2D eigenvalue weighted by Crippen LogP contribution is 2.46. The van der Waals surface area contributed by atoms with Crippen molar-refractivity contribution in [2.45, 2.75) is 12.0 Å². The van der Waals surface area contributed by atoms with E-state index in [2.05, 4.69) is 5.32 Å². The summed E-state index contributed by atoms with van der Waals surface area (Å²) in [5, 5.41) is 2.86. The molecule has 0 radical (unpaired) electrons. The van der Waals surface area contributed by atoms with Crippen LogP contribution in [0.1, 0.15) is 33.4 Å². The number of fused-ring (bicyclic) bond motifs is 1. The number of methoxy groups -OCH3 is 3. The number of rotatable bonds is 6. The highest BCUT2D eigenvalue weighted by molar-refractivity contribution is 6.33. The van der Waals surface area contributed by atoms with Crippen LogP contribution < -0.4 is 19.5 Å². The molecule has 7 nitrogen and oxygen atoms in total. The number of hydrogen-bond acceptors (Lipinski definition) is 5. The van der Waals surface area contributed by atoms with Gasteiger partial charge in [0, 0.05) is 12.6 Å². The standard InChI is InChI=1S/C26H24ClFN2O5/c1-30-24(14-5-8-16(33-2)9-6-14)23(25(31)29-20-10-7-15(28)11-19(20)27)17-12-21(34-3)22(35-4)13-18(17)26(30)32/h5-13,23-24H,1-4H3,(H,29,31). The first-order chi connectivity index (χ1) is 16.8. The first-order valence-electron chi connectivity index (χ1n) is 10.7. The molecule has 1 aliphatic heterocycles. The van der Waals surface area contributed by atoms with E-state index in [1.807, 2.05) is 12.1 Å². The molecule has 0 saturated heterocycles. The fourth-order valence-corrected chi connectivity index (χ4v) is 4.56. The molecule has 0 saturated carbocycles. The zero-order valence-electron chi connectivity index (χ0n) is 19.6. The van der Waals surface area contributed by atoms with Gasteiger partial charge in [0.05, 0.1) is 44.0 Å². The third-order valence-electron chi connectivity index (χ3n) is 6.10. The highest BCUT2D eigenvalue weighted by atomic mass is 35.5. The van der Waals surface area contributed by atoms with E-state index in [4.69, 9.17) is 25.8 Å². The van der Waals surface area contributed by atoms with Crippen molar-refractivity contribution in [3.8, 4) is 17.2 Å². The van der Waals surface area contributed by atoms with Crippen LogP contribution in [0.25, 0.3) is 0 Å². The van der Waals surface area contributed by atoms with Crippen LogP contribution in [0.15, 0.2) is 54.6 Å². The van der Waals surface area contributed by atoms with Crippen molar-refractivity contribution in [3.05, 3.63) is 82.1 Å². The monoisotopic (exact) mass is 498 g/mol. The van der Waals surface area contributed by atoms with Gasteiger partial charge in [-0.15, -0.1) is 0 Å². The van der Waals surface area contributed by atoms with E-state index in [-0.39, 0.29) is 16.6 Å². The number of nitrogens with one attached hydrogen (secondary N) is 1. The minimum Gasteiger partial charge on any atom is -0.497 e. The molecule has 2 amide bonds. The predicted octanol–water partition coefficient (Wildman–Crippen LogP) is 5.05. The number of likely N-dealkylation sites (N-methyl/N-ethyl adjacent to an activating group) is 1. The van der Waals surface area contributed by atoms with Crippen molar-refractivity contribution in [2.75, 3.05) is 33.7 Å². The topological polar surface area (TPSA) is 77.1 Å². The molecule has 1 aliphatic rings. The fraction of sp³-hybridized carbons (Fsp3) is 0.231. The molecule has 2 unspecified atom stereocenters. The third-order valence-corrected chi connectivity index (χ3v) is 6.42. The minimum absolute atomic E-state index is 0.0622. The lowest BCUT2D eigenvalue weighted by atomic mass is 9.79. The van der Waals surface area contributed by atoms with E-state index in [9.17, 15) is 14.0 Å². The second kappa shape index (κ2) is 9.84. The summed E-state index contributed by atoms with van der Waals surface area (Å²) in [6, 6.07) is 13.4. The van der Waals surface area contributed by atoms with Crippen LogP contribution in [0.3, 0.4) is 0 Å². The van der Waals surface area contributed by atoms with Crippen LogP contribution in [-0.4, -0.2) is 45.1 Å². The molecule has 2 atom stereocenters. The van der Waals surface area contributed by atoms with Gasteiger partial charge in [-0.3, -0.25) is 9.59 Å². The zero-order valence-corrected chi connectivity index (χ0v) is 20.4. The lowest BCUT2D eigenvalue weighted by Crippen LogP contribution is -2.44. The molecule has 35 heavy (non-hydrogen) atoms. The second-order valence-electron chi connectivity index (χ2n) is 8.02. The molecule has 3 aromatic carbocycles. The van der Waals surface area contributed by atoms with E-state index in [1.165, 1.54) is 31.3 Å². The number of halogens is 2. The maximum atomic E-state index is 13.8. The summed E-state index contributed by atoms with van der Waals surface area (Å²) in [5.41, 5.74) is 1.78.